The lowest BCUT2D eigenvalue weighted by atomic mass is 9.94. The van der Waals surface area contributed by atoms with E-state index in [-0.39, 0.29) is 51.6 Å². The Morgan fingerprint density at radius 2 is 1.20 bits per heavy atom. The number of hydrogen-bond acceptors (Lipinski definition) is 10. The molecule has 4 heterocycles. The van der Waals surface area contributed by atoms with Crippen LogP contribution in [-0.2, 0) is 58.1 Å². The number of likely N-dealkylation sites (tertiary alicyclic amines) is 2. The number of benzene rings is 2. The normalized spacial score (nSPS) is 19.5. The molecule has 21 heteroatoms. The van der Waals surface area contributed by atoms with Crippen molar-refractivity contribution in [3.8, 4) is 11.4 Å². The molecule has 4 aromatic rings. The molecule has 0 bridgehead atoms. The first-order valence-electron chi connectivity index (χ1n) is 25.9. The Balaban J connectivity index is 1.37. The van der Waals surface area contributed by atoms with Crippen molar-refractivity contribution in [3.05, 3.63) is 59.2 Å². The van der Waals surface area contributed by atoms with Crippen LogP contribution >= 0.6 is 0 Å². The summed E-state index contributed by atoms with van der Waals surface area (Å²) in [6.45, 7) is 17.7. The van der Waals surface area contributed by atoms with E-state index in [2.05, 4.69) is 15.6 Å². The maximum atomic E-state index is 15.8. The topological polar surface area (TPSA) is 205 Å². The molecule has 2 aliphatic rings. The van der Waals surface area contributed by atoms with E-state index in [0.717, 1.165) is 9.80 Å². The van der Waals surface area contributed by atoms with Crippen molar-refractivity contribution in [3.63, 3.8) is 0 Å². The largest absolute Gasteiger partial charge is 0.461 e. The van der Waals surface area contributed by atoms with Crippen LogP contribution in [-0.4, -0.2) is 158 Å². The standard InChI is InChI=1S/C55H75F3N8O10/c1-15-42(60-48(68)29(3)62(12)52(72)75-54(6,7)8)50(70)65-27-34(58)21-35(65)25-40-38-19-17-32(56)22-44(38)59-46(40)47-41(39-20-18-33(57)23-45(39)64(47)14)26-36-24-37(74-31(5)67)28-66(36)51(71)43(16-2)61-49(69)30(4)63(13)53(73)76-55(9,10)11/h17-20,22-23,29-30,34-37,42-43,59H,15-16,21,24-28H2,1-14H3,(H,60,68)(H,61,69)/t29-,30-,34-,35-,36-,37-,42-,43-/m0/s1. The lowest BCUT2D eigenvalue weighted by Crippen LogP contribution is -2.55. The average Bonchev–Trinajstić information content (AvgIpc) is 4.08. The Morgan fingerprint density at radius 1 is 0.724 bits per heavy atom. The molecule has 0 saturated carbocycles. The number of halogens is 3. The van der Waals surface area contributed by atoms with Crippen LogP contribution < -0.4 is 10.6 Å². The Bertz CT molecular complexity index is 2850. The molecular formula is C55H75F3N8O10. The van der Waals surface area contributed by atoms with E-state index in [1.54, 1.807) is 84.0 Å². The van der Waals surface area contributed by atoms with Crippen molar-refractivity contribution in [2.75, 3.05) is 27.2 Å². The summed E-state index contributed by atoms with van der Waals surface area (Å²) in [5.74, 6) is -3.83. The predicted octanol–water partition coefficient (Wildman–Crippen LogP) is 7.46. The highest BCUT2D eigenvalue weighted by Crippen LogP contribution is 2.42. The molecule has 8 atom stereocenters. The number of likely N-dealkylation sites (N-methyl/N-ethyl adjacent to an activating group) is 2. The maximum absolute atomic E-state index is 15.8. The molecule has 416 valence electrons. The van der Waals surface area contributed by atoms with E-state index >= 15 is 13.2 Å². The number of nitrogens with zero attached hydrogens (tertiary/aromatic N) is 5. The van der Waals surface area contributed by atoms with Gasteiger partial charge in [-0.05, 0) is 129 Å². The second-order valence-electron chi connectivity index (χ2n) is 22.2. The number of fused-ring (bicyclic) bond motifs is 2. The van der Waals surface area contributed by atoms with Crippen molar-refractivity contribution in [1.82, 2.24) is 39.8 Å². The van der Waals surface area contributed by atoms with Crippen LogP contribution in [0.1, 0.15) is 113 Å². The number of alkyl halides is 1. The van der Waals surface area contributed by atoms with Crippen molar-refractivity contribution in [1.29, 1.82) is 0 Å². The summed E-state index contributed by atoms with van der Waals surface area (Å²) in [4.78, 5) is 103. The number of rotatable bonds is 16. The summed E-state index contributed by atoms with van der Waals surface area (Å²) in [6.07, 6.45) is -2.99. The molecule has 18 nitrogen and oxygen atoms in total. The highest BCUT2D eigenvalue weighted by molar-refractivity contribution is 5.98. The van der Waals surface area contributed by atoms with E-state index in [0.29, 0.717) is 44.3 Å². The van der Waals surface area contributed by atoms with Crippen LogP contribution in [0.15, 0.2) is 36.4 Å². The van der Waals surface area contributed by atoms with E-state index in [1.165, 1.54) is 64.0 Å². The predicted molar refractivity (Wildman–Crippen MR) is 280 cm³/mol. The number of hydrogen-bond donors (Lipinski definition) is 3. The van der Waals surface area contributed by atoms with Crippen LogP contribution in [0.25, 0.3) is 33.2 Å². The number of carbonyl (C=O) groups is 7. The van der Waals surface area contributed by atoms with Gasteiger partial charge < -0.3 is 44.2 Å². The summed E-state index contributed by atoms with van der Waals surface area (Å²) in [5, 5.41) is 6.77. The SMILES string of the molecule is CC[C@H](NC(=O)[C@H](C)N(C)C(=O)OC(C)(C)C)C(=O)N1C[C@@H](F)C[C@H]1Cc1c(-c2c(C[C@@H]3C[C@H](OC(C)=O)CN3C(=O)[C@H](CC)NC(=O)[C@H](C)N(C)C(=O)OC(C)(C)C)c3ccc(F)cc3n2C)[nH]c2cc(F)ccc12. The minimum Gasteiger partial charge on any atom is -0.461 e. The molecule has 76 heavy (non-hydrogen) atoms. The lowest BCUT2D eigenvalue weighted by Gasteiger charge is -2.31. The third-order valence-corrected chi connectivity index (χ3v) is 14.2. The number of aryl methyl sites for hydroxylation is 1. The number of esters is 1. The number of ether oxygens (including phenoxy) is 3. The molecule has 2 aromatic heterocycles. The molecule has 0 spiro atoms. The van der Waals surface area contributed by atoms with Crippen molar-refractivity contribution >= 4 is 63.6 Å². The Labute approximate surface area is 442 Å². The summed E-state index contributed by atoms with van der Waals surface area (Å²) >= 11 is 0. The number of nitrogens with one attached hydrogen (secondary N) is 3. The van der Waals surface area contributed by atoms with Gasteiger partial charge in [0.2, 0.25) is 23.6 Å². The minimum atomic E-state index is -1.43. The highest BCUT2D eigenvalue weighted by atomic mass is 19.1. The first-order chi connectivity index (χ1) is 35.4. The summed E-state index contributed by atoms with van der Waals surface area (Å²) in [5.41, 5.74) is 1.47. The average molecular weight is 1070 g/mol. The van der Waals surface area contributed by atoms with Gasteiger partial charge in [0.1, 0.15) is 59.3 Å². The fourth-order valence-electron chi connectivity index (χ4n) is 10.1. The zero-order valence-corrected chi connectivity index (χ0v) is 46.2. The summed E-state index contributed by atoms with van der Waals surface area (Å²) in [6, 6.07) is 2.93. The first-order valence-corrected chi connectivity index (χ1v) is 25.9. The first kappa shape index (κ1) is 58.5. The van der Waals surface area contributed by atoms with Gasteiger partial charge in [-0.15, -0.1) is 0 Å². The van der Waals surface area contributed by atoms with Gasteiger partial charge in [-0.2, -0.15) is 0 Å². The second-order valence-corrected chi connectivity index (χ2v) is 22.2. The van der Waals surface area contributed by atoms with Crippen LogP contribution in [0.5, 0.6) is 0 Å². The zero-order valence-electron chi connectivity index (χ0n) is 46.2. The Morgan fingerprint density at radius 3 is 1.70 bits per heavy atom. The fourth-order valence-corrected chi connectivity index (χ4v) is 10.1. The summed E-state index contributed by atoms with van der Waals surface area (Å²) in [7, 11) is 4.58. The molecule has 2 aliphatic heterocycles. The van der Waals surface area contributed by atoms with Crippen LogP contribution in [0, 0.1) is 11.6 Å². The number of H-pyrrole nitrogens is 1. The molecule has 2 aromatic carbocycles. The van der Waals surface area contributed by atoms with Gasteiger partial charge in [-0.25, -0.2) is 22.8 Å². The zero-order chi connectivity index (χ0) is 56.5. The molecular weight excluding hydrogens is 990 g/mol. The van der Waals surface area contributed by atoms with Gasteiger partial charge in [0, 0.05) is 69.3 Å². The van der Waals surface area contributed by atoms with Crippen LogP contribution in [0.2, 0.25) is 0 Å². The van der Waals surface area contributed by atoms with Crippen molar-refractivity contribution in [2.24, 2.45) is 7.05 Å². The third kappa shape index (κ3) is 13.2. The second kappa shape index (κ2) is 23.2. The highest BCUT2D eigenvalue weighted by Gasteiger charge is 2.43. The molecule has 6 rings (SSSR count). The molecule has 0 aliphatic carbocycles. The third-order valence-electron chi connectivity index (χ3n) is 14.2. The van der Waals surface area contributed by atoms with E-state index in [1.807, 2.05) is 0 Å². The molecule has 2 saturated heterocycles. The van der Waals surface area contributed by atoms with E-state index < -0.39 is 113 Å². The minimum absolute atomic E-state index is 0.0110. The molecule has 2 fully saturated rings. The summed E-state index contributed by atoms with van der Waals surface area (Å²) < 4.78 is 64.6. The van der Waals surface area contributed by atoms with Gasteiger partial charge in [0.25, 0.3) is 0 Å². The molecule has 0 unspecified atom stereocenters. The van der Waals surface area contributed by atoms with Gasteiger partial charge in [0.15, 0.2) is 0 Å². The van der Waals surface area contributed by atoms with Gasteiger partial charge in [0.05, 0.1) is 30.0 Å². The number of aromatic nitrogens is 2. The lowest BCUT2D eigenvalue weighted by molar-refractivity contribution is -0.147. The van der Waals surface area contributed by atoms with Gasteiger partial charge >= 0.3 is 18.2 Å². The van der Waals surface area contributed by atoms with Crippen LogP contribution in [0.4, 0.5) is 22.8 Å². The number of carbonyl (C=O) groups excluding carboxylic acids is 7. The van der Waals surface area contributed by atoms with Crippen molar-refractivity contribution < 1.29 is 60.9 Å². The van der Waals surface area contributed by atoms with E-state index in [4.69, 9.17) is 14.2 Å². The monoisotopic (exact) mass is 1060 g/mol. The molecule has 6 amide bonds. The molecule has 0 radical (unpaired) electrons. The number of amides is 6. The van der Waals surface area contributed by atoms with Gasteiger partial charge in [-0.3, -0.25) is 33.8 Å². The van der Waals surface area contributed by atoms with Gasteiger partial charge in [-0.1, -0.05) is 13.8 Å². The number of aromatic amines is 1. The maximum Gasteiger partial charge on any atom is 0.410 e. The smallest absolute Gasteiger partial charge is 0.410 e. The van der Waals surface area contributed by atoms with Crippen LogP contribution in [0.3, 0.4) is 0 Å². The van der Waals surface area contributed by atoms with E-state index in [9.17, 15) is 33.6 Å². The Hall–Kier alpha value is -6.80. The van der Waals surface area contributed by atoms with Crippen molar-refractivity contribution in [2.45, 2.75) is 174 Å². The quantitative estimate of drug-likeness (QED) is 0.0746. The molecule has 3 N–H and O–H groups in total. The Kier molecular flexibility index (Phi) is 17.9. The fraction of sp³-hybridized carbons (Fsp3) is 0.582.